The van der Waals surface area contributed by atoms with Crippen molar-refractivity contribution in [3.8, 4) is 0 Å². The third-order valence-corrected chi connectivity index (χ3v) is 13.1. The number of anilines is 3. The Morgan fingerprint density at radius 3 is 2.51 bits per heavy atom. The molecule has 4 saturated carbocycles. The summed E-state index contributed by atoms with van der Waals surface area (Å²) in [7, 11) is 0. The van der Waals surface area contributed by atoms with Crippen molar-refractivity contribution >= 4 is 35.0 Å². The van der Waals surface area contributed by atoms with E-state index in [0.717, 1.165) is 54.4 Å². The summed E-state index contributed by atoms with van der Waals surface area (Å²) < 4.78 is 50.4. The number of carbonyl (C=O) groups excluding carboxylic acids is 1. The molecule has 2 aromatic heterocycles. The van der Waals surface area contributed by atoms with E-state index in [1.54, 1.807) is 23.4 Å². The number of nitrogens with one attached hydrogen (secondary N) is 1. The SMILES string of the molecule is O=C(NC1(C(=O)O)C2CCC3CC(C2)CC1C3)c1cnc(N2CC3(CCOCC3)c3cc(C4=CCCN(c5ncccn5)C4)ccc32)nc1C(F)(F)F. The summed E-state index contributed by atoms with van der Waals surface area (Å²) in [6.07, 6.45) is 8.29. The van der Waals surface area contributed by atoms with Gasteiger partial charge in [0.25, 0.3) is 5.91 Å². The lowest BCUT2D eigenvalue weighted by atomic mass is 9.58. The molecule has 5 fully saturated rings. The zero-order chi connectivity index (χ0) is 36.5. The average Bonchev–Trinajstić information content (AvgIpc) is 3.31. The lowest BCUT2D eigenvalue weighted by Crippen LogP contribution is -2.66. The van der Waals surface area contributed by atoms with E-state index in [2.05, 4.69) is 42.3 Å². The average molecular weight is 730 g/mol. The monoisotopic (exact) mass is 729 g/mol. The van der Waals surface area contributed by atoms with Gasteiger partial charge in [-0.15, -0.1) is 0 Å². The highest BCUT2D eigenvalue weighted by molar-refractivity contribution is 5.99. The topological polar surface area (TPSA) is 134 Å². The number of hydrogen-bond acceptors (Lipinski definition) is 9. The van der Waals surface area contributed by atoms with E-state index < -0.39 is 40.3 Å². The number of nitrogens with zero attached hydrogens (tertiary/aromatic N) is 6. The summed E-state index contributed by atoms with van der Waals surface area (Å²) in [5.74, 6) is -1.66. The van der Waals surface area contributed by atoms with Crippen LogP contribution in [0.2, 0.25) is 0 Å². The Kier molecular flexibility index (Phi) is 8.24. The molecule has 3 aliphatic heterocycles. The first-order chi connectivity index (χ1) is 25.5. The molecular formula is C39H42F3N7O4. The van der Waals surface area contributed by atoms with Gasteiger partial charge in [-0.05, 0) is 110 Å². The molecular weight excluding hydrogens is 687 g/mol. The maximum atomic E-state index is 14.9. The molecule has 1 saturated heterocycles. The van der Waals surface area contributed by atoms with Gasteiger partial charge in [0.2, 0.25) is 11.9 Å². The number of amides is 1. The molecule has 1 aromatic carbocycles. The molecule has 14 heteroatoms. The molecule has 4 aliphatic carbocycles. The molecule has 278 valence electrons. The van der Waals surface area contributed by atoms with Crippen LogP contribution in [-0.4, -0.2) is 75.3 Å². The minimum atomic E-state index is -4.99. The van der Waals surface area contributed by atoms with Gasteiger partial charge in [0.1, 0.15) is 5.54 Å². The molecule has 7 aliphatic rings. The largest absolute Gasteiger partial charge is 0.479 e. The maximum Gasteiger partial charge on any atom is 0.434 e. The fourth-order valence-corrected chi connectivity index (χ4v) is 10.6. The van der Waals surface area contributed by atoms with Crippen molar-refractivity contribution in [1.82, 2.24) is 25.3 Å². The van der Waals surface area contributed by atoms with Gasteiger partial charge in [-0.25, -0.2) is 24.7 Å². The summed E-state index contributed by atoms with van der Waals surface area (Å²) in [4.78, 5) is 48.1. The van der Waals surface area contributed by atoms with Crippen molar-refractivity contribution in [2.45, 2.75) is 74.9 Å². The second-order valence-electron chi connectivity index (χ2n) is 15.9. The predicted octanol–water partition coefficient (Wildman–Crippen LogP) is 6.18. The third-order valence-electron chi connectivity index (χ3n) is 13.1. The van der Waals surface area contributed by atoms with Crippen LogP contribution in [-0.2, 0) is 21.1 Å². The number of carboxylic acids is 1. The van der Waals surface area contributed by atoms with Crippen molar-refractivity contribution in [1.29, 1.82) is 0 Å². The van der Waals surface area contributed by atoms with E-state index in [9.17, 15) is 27.9 Å². The number of halogens is 3. The number of fused-ring (bicyclic) bond motifs is 3. The Morgan fingerprint density at radius 1 is 0.962 bits per heavy atom. The Hall–Kier alpha value is -4.59. The summed E-state index contributed by atoms with van der Waals surface area (Å²) >= 11 is 0. The second kappa shape index (κ2) is 12.8. The standard InChI is InChI=1S/C39H42F3N7O4/c40-39(41,42)32-29(33(50)47-38(34(51)52)27-6-4-23-15-24(17-27)18-28(38)16-23)20-45-36(46-32)49-22-37(8-13-53-14-9-37)30-19-25(5-7-31(30)49)26-3-1-12-48(21-26)35-43-10-2-11-44-35/h2-3,5,7,10-11,19-20,23-24,27-28H,1,4,6,8-9,12-18,21-22H2,(H,47,50)(H,51,52). The number of carbonyl (C=O) groups is 2. The third kappa shape index (κ3) is 5.75. The molecule has 2 N–H and O–H groups in total. The van der Waals surface area contributed by atoms with Crippen LogP contribution in [0.5, 0.6) is 0 Å². The number of aromatic nitrogens is 4. The van der Waals surface area contributed by atoms with Crippen LogP contribution in [0.15, 0.2) is 48.9 Å². The molecule has 3 aromatic rings. The van der Waals surface area contributed by atoms with E-state index in [0.29, 0.717) is 82.6 Å². The van der Waals surface area contributed by atoms with E-state index >= 15 is 0 Å². The van der Waals surface area contributed by atoms with Crippen LogP contribution in [0.25, 0.3) is 5.57 Å². The van der Waals surface area contributed by atoms with Crippen LogP contribution < -0.4 is 15.1 Å². The minimum Gasteiger partial charge on any atom is -0.479 e. The van der Waals surface area contributed by atoms with Crippen LogP contribution in [0.1, 0.15) is 85.0 Å². The van der Waals surface area contributed by atoms with Crippen LogP contribution in [0.3, 0.4) is 0 Å². The van der Waals surface area contributed by atoms with Crippen LogP contribution >= 0.6 is 0 Å². The molecule has 4 bridgehead atoms. The summed E-state index contributed by atoms with van der Waals surface area (Å²) in [5.41, 5.74) is -0.288. The quantitative estimate of drug-likeness (QED) is 0.303. The highest BCUT2D eigenvalue weighted by atomic mass is 19.4. The van der Waals surface area contributed by atoms with Gasteiger partial charge in [0, 0.05) is 62.5 Å². The van der Waals surface area contributed by atoms with Gasteiger partial charge in [0.15, 0.2) is 5.69 Å². The summed E-state index contributed by atoms with van der Waals surface area (Å²) in [6, 6.07) is 7.84. The zero-order valence-corrected chi connectivity index (χ0v) is 29.3. The molecule has 0 radical (unpaired) electrons. The number of hydrogen-bond donors (Lipinski definition) is 2. The van der Waals surface area contributed by atoms with Gasteiger partial charge >= 0.3 is 12.1 Å². The minimum absolute atomic E-state index is 0.158. The fourth-order valence-electron chi connectivity index (χ4n) is 10.6. The maximum absolute atomic E-state index is 14.9. The van der Waals surface area contributed by atoms with Crippen molar-refractivity contribution in [3.63, 3.8) is 0 Å². The molecule has 11 nitrogen and oxygen atoms in total. The highest BCUT2D eigenvalue weighted by Gasteiger charge is 2.60. The van der Waals surface area contributed by atoms with E-state index in [1.807, 2.05) is 12.1 Å². The molecule has 5 atom stereocenters. The fraction of sp³-hybridized carbons (Fsp3) is 0.538. The van der Waals surface area contributed by atoms with Crippen molar-refractivity contribution in [3.05, 3.63) is 71.3 Å². The second-order valence-corrected chi connectivity index (χ2v) is 15.9. The number of carboxylic acid groups (broad SMARTS) is 1. The van der Waals surface area contributed by atoms with E-state index in [1.165, 1.54) is 0 Å². The van der Waals surface area contributed by atoms with Gasteiger partial charge < -0.3 is 25.0 Å². The lowest BCUT2D eigenvalue weighted by Gasteiger charge is -2.50. The Morgan fingerprint density at radius 2 is 1.74 bits per heavy atom. The van der Waals surface area contributed by atoms with Gasteiger partial charge in [0.05, 0.1) is 5.56 Å². The van der Waals surface area contributed by atoms with Gasteiger partial charge in [-0.1, -0.05) is 18.6 Å². The number of alkyl halides is 3. The molecule has 1 spiro atoms. The number of benzene rings is 1. The first kappa shape index (κ1) is 34.2. The van der Waals surface area contributed by atoms with Crippen molar-refractivity contribution < 1.29 is 32.6 Å². The predicted molar refractivity (Wildman–Crippen MR) is 189 cm³/mol. The normalized spacial score (nSPS) is 28.8. The lowest BCUT2D eigenvalue weighted by molar-refractivity contribution is -0.154. The van der Waals surface area contributed by atoms with E-state index in [4.69, 9.17) is 4.74 Å². The highest BCUT2D eigenvalue weighted by Crippen LogP contribution is 2.56. The molecule has 5 heterocycles. The van der Waals surface area contributed by atoms with Crippen molar-refractivity contribution in [2.75, 3.05) is 42.6 Å². The number of rotatable bonds is 6. The Labute approximate surface area is 305 Å². The van der Waals surface area contributed by atoms with Crippen LogP contribution in [0, 0.1) is 23.7 Å². The van der Waals surface area contributed by atoms with Crippen molar-refractivity contribution in [2.24, 2.45) is 23.7 Å². The van der Waals surface area contributed by atoms with E-state index in [-0.39, 0.29) is 17.8 Å². The summed E-state index contributed by atoms with van der Waals surface area (Å²) in [5, 5.41) is 13.3. The Bertz CT molecular complexity index is 1960. The van der Waals surface area contributed by atoms with Gasteiger partial charge in [-0.2, -0.15) is 13.2 Å². The molecule has 1 amide bonds. The molecule has 5 unspecified atom stereocenters. The molecule has 53 heavy (non-hydrogen) atoms. The molecule has 10 rings (SSSR count). The number of ether oxygens (including phenoxy) is 1. The Balaban J connectivity index is 1.05. The van der Waals surface area contributed by atoms with Gasteiger partial charge in [-0.3, -0.25) is 4.79 Å². The zero-order valence-electron chi connectivity index (χ0n) is 29.3. The first-order valence-electron chi connectivity index (χ1n) is 18.8. The van der Waals surface area contributed by atoms with Crippen LogP contribution in [0.4, 0.5) is 30.8 Å². The smallest absolute Gasteiger partial charge is 0.434 e. The number of aliphatic carboxylic acids is 1. The first-order valence-corrected chi connectivity index (χ1v) is 18.8. The summed E-state index contributed by atoms with van der Waals surface area (Å²) in [6.45, 7) is 2.80.